The zero-order chi connectivity index (χ0) is 24.7. The van der Waals surface area contributed by atoms with Gasteiger partial charge in [-0.3, -0.25) is 14.5 Å². The number of nitrogens with one attached hydrogen (secondary N) is 2. The van der Waals surface area contributed by atoms with Crippen molar-refractivity contribution in [3.63, 3.8) is 0 Å². The van der Waals surface area contributed by atoms with E-state index in [1.807, 2.05) is 9.80 Å². The molecule has 1 aromatic carbocycles. The number of halogens is 3. The SMILES string of the molecule is Cc1cc2c(F)cc(CN3CCN(c4cnc(C(=O)NC5CCC5)c(F)c4)CC3)c(F)c2[nH]c1=O. The van der Waals surface area contributed by atoms with E-state index < -0.39 is 28.9 Å². The fourth-order valence-electron chi connectivity index (χ4n) is 4.54. The van der Waals surface area contributed by atoms with Gasteiger partial charge in [0.15, 0.2) is 17.3 Å². The van der Waals surface area contributed by atoms with Crippen LogP contribution in [0, 0.1) is 24.4 Å². The van der Waals surface area contributed by atoms with Gasteiger partial charge in [-0.2, -0.15) is 0 Å². The normalized spacial score (nSPS) is 17.0. The Morgan fingerprint density at radius 1 is 1.11 bits per heavy atom. The molecule has 35 heavy (non-hydrogen) atoms. The number of rotatable bonds is 5. The monoisotopic (exact) mass is 485 g/mol. The van der Waals surface area contributed by atoms with Crippen molar-refractivity contribution >= 4 is 22.5 Å². The molecular weight excluding hydrogens is 459 g/mol. The van der Waals surface area contributed by atoms with Crippen LogP contribution in [0.5, 0.6) is 0 Å². The average Bonchev–Trinajstić information content (AvgIpc) is 2.81. The predicted octanol–water partition coefficient (Wildman–Crippen LogP) is 3.25. The fraction of sp³-hybridized carbons (Fsp3) is 0.400. The van der Waals surface area contributed by atoms with Crippen LogP contribution in [0.3, 0.4) is 0 Å². The number of aromatic nitrogens is 2. The Hall–Kier alpha value is -3.40. The van der Waals surface area contributed by atoms with Gasteiger partial charge in [-0.15, -0.1) is 0 Å². The second kappa shape index (κ2) is 9.33. The minimum Gasteiger partial charge on any atom is -0.368 e. The maximum atomic E-state index is 15.1. The maximum absolute atomic E-state index is 15.1. The summed E-state index contributed by atoms with van der Waals surface area (Å²) in [5, 5.41) is 2.84. The first-order valence-corrected chi connectivity index (χ1v) is 11.7. The van der Waals surface area contributed by atoms with E-state index in [0.717, 1.165) is 19.3 Å². The molecule has 2 fully saturated rings. The van der Waals surface area contributed by atoms with Gasteiger partial charge in [0.25, 0.3) is 11.5 Å². The summed E-state index contributed by atoms with van der Waals surface area (Å²) in [6.45, 7) is 3.85. The average molecular weight is 486 g/mol. The number of piperazine rings is 1. The number of carbonyl (C=O) groups is 1. The Morgan fingerprint density at radius 3 is 2.51 bits per heavy atom. The smallest absolute Gasteiger partial charge is 0.273 e. The molecule has 2 N–H and O–H groups in total. The van der Waals surface area contributed by atoms with Crippen molar-refractivity contribution in [1.29, 1.82) is 0 Å². The molecular formula is C25H26F3N5O2. The van der Waals surface area contributed by atoms with Gasteiger partial charge in [0, 0.05) is 61.3 Å². The topological polar surface area (TPSA) is 81.3 Å². The molecule has 0 bridgehead atoms. The number of pyridine rings is 2. The highest BCUT2D eigenvalue weighted by Gasteiger charge is 2.25. The molecule has 10 heteroatoms. The van der Waals surface area contributed by atoms with Gasteiger partial charge < -0.3 is 15.2 Å². The van der Waals surface area contributed by atoms with Crippen LogP contribution in [0.4, 0.5) is 18.9 Å². The van der Waals surface area contributed by atoms with Crippen LogP contribution in [0.25, 0.3) is 10.9 Å². The Labute approximate surface area is 200 Å². The van der Waals surface area contributed by atoms with Gasteiger partial charge in [0.2, 0.25) is 0 Å². The van der Waals surface area contributed by atoms with E-state index in [1.165, 1.54) is 24.4 Å². The van der Waals surface area contributed by atoms with Gasteiger partial charge >= 0.3 is 0 Å². The number of anilines is 1. The highest BCUT2D eigenvalue weighted by Crippen LogP contribution is 2.25. The third kappa shape index (κ3) is 4.62. The lowest BCUT2D eigenvalue weighted by molar-refractivity contribution is 0.0907. The molecule has 0 atom stereocenters. The number of amides is 1. The summed E-state index contributed by atoms with van der Waals surface area (Å²) in [6, 6.07) is 3.94. The lowest BCUT2D eigenvalue weighted by Crippen LogP contribution is -2.46. The molecule has 2 aromatic heterocycles. The number of H-pyrrole nitrogens is 1. The van der Waals surface area contributed by atoms with Crippen LogP contribution < -0.4 is 15.8 Å². The summed E-state index contributed by atoms with van der Waals surface area (Å²) in [4.78, 5) is 34.5. The Balaban J connectivity index is 1.24. The van der Waals surface area contributed by atoms with Crippen LogP contribution in [0.15, 0.2) is 29.2 Å². The molecule has 1 saturated heterocycles. The van der Waals surface area contributed by atoms with Gasteiger partial charge in [-0.25, -0.2) is 18.2 Å². The molecule has 1 amide bonds. The predicted molar refractivity (Wildman–Crippen MR) is 126 cm³/mol. The molecule has 2 aliphatic rings. The van der Waals surface area contributed by atoms with E-state index in [9.17, 15) is 18.4 Å². The van der Waals surface area contributed by atoms with Crippen LogP contribution in [-0.4, -0.2) is 53.0 Å². The van der Waals surface area contributed by atoms with E-state index in [0.29, 0.717) is 37.4 Å². The van der Waals surface area contributed by atoms with E-state index in [-0.39, 0.29) is 34.7 Å². The molecule has 3 aromatic rings. The highest BCUT2D eigenvalue weighted by atomic mass is 19.1. The first-order chi connectivity index (χ1) is 16.8. The molecule has 184 valence electrons. The number of benzene rings is 1. The third-order valence-electron chi connectivity index (χ3n) is 6.90. The minimum absolute atomic E-state index is 0.0486. The maximum Gasteiger partial charge on any atom is 0.273 e. The quantitative estimate of drug-likeness (QED) is 0.580. The van der Waals surface area contributed by atoms with E-state index >= 15 is 4.39 Å². The standard InChI is InChI=1S/C25H26F3N5O2/c1-14-9-18-19(26)10-15(21(28)22(18)31-24(14)34)13-32-5-7-33(8-6-32)17-11-20(27)23(29-12-17)25(35)30-16-3-2-4-16/h9-12,16H,2-8,13H2,1H3,(H,30,35)(H,31,34). The van der Waals surface area contributed by atoms with Gasteiger partial charge in [0.1, 0.15) is 5.82 Å². The molecule has 1 aliphatic carbocycles. The summed E-state index contributed by atoms with van der Waals surface area (Å²) < 4.78 is 44.3. The van der Waals surface area contributed by atoms with E-state index in [1.54, 1.807) is 6.92 Å². The van der Waals surface area contributed by atoms with Crippen molar-refractivity contribution in [3.8, 4) is 0 Å². The Morgan fingerprint density at radius 2 is 1.86 bits per heavy atom. The van der Waals surface area contributed by atoms with Gasteiger partial charge in [0.05, 0.1) is 17.4 Å². The number of carbonyl (C=O) groups excluding carboxylic acids is 1. The lowest BCUT2D eigenvalue weighted by Gasteiger charge is -2.36. The van der Waals surface area contributed by atoms with Crippen LogP contribution >= 0.6 is 0 Å². The summed E-state index contributed by atoms with van der Waals surface area (Å²) in [5.74, 6) is -2.38. The van der Waals surface area contributed by atoms with Crippen molar-refractivity contribution in [2.75, 3.05) is 31.1 Å². The van der Waals surface area contributed by atoms with Crippen LogP contribution in [0.2, 0.25) is 0 Å². The van der Waals surface area contributed by atoms with Crippen molar-refractivity contribution < 1.29 is 18.0 Å². The summed E-state index contributed by atoms with van der Waals surface area (Å²) >= 11 is 0. The summed E-state index contributed by atoms with van der Waals surface area (Å²) in [5.41, 5.74) is 0.265. The second-order valence-electron chi connectivity index (χ2n) is 9.29. The third-order valence-corrected chi connectivity index (χ3v) is 6.90. The van der Waals surface area contributed by atoms with Crippen molar-refractivity contribution in [2.45, 2.75) is 38.8 Å². The first kappa shape index (κ1) is 23.3. The summed E-state index contributed by atoms with van der Waals surface area (Å²) in [7, 11) is 0. The second-order valence-corrected chi connectivity index (χ2v) is 9.29. The molecule has 1 aliphatic heterocycles. The first-order valence-electron chi connectivity index (χ1n) is 11.7. The Kier molecular flexibility index (Phi) is 6.22. The molecule has 0 unspecified atom stereocenters. The number of aryl methyl sites for hydroxylation is 1. The molecule has 1 saturated carbocycles. The molecule has 0 spiro atoms. The van der Waals surface area contributed by atoms with E-state index in [2.05, 4.69) is 15.3 Å². The number of nitrogens with zero attached hydrogens (tertiary/aromatic N) is 3. The molecule has 5 rings (SSSR count). The zero-order valence-corrected chi connectivity index (χ0v) is 19.3. The fourth-order valence-corrected chi connectivity index (χ4v) is 4.54. The Bertz CT molecular complexity index is 1350. The van der Waals surface area contributed by atoms with Crippen molar-refractivity contribution in [3.05, 3.63) is 69.0 Å². The number of fused-ring (bicyclic) bond motifs is 1. The number of hydrogen-bond donors (Lipinski definition) is 2. The lowest BCUT2D eigenvalue weighted by atomic mass is 9.93. The van der Waals surface area contributed by atoms with Crippen molar-refractivity contribution in [2.24, 2.45) is 0 Å². The van der Waals surface area contributed by atoms with E-state index in [4.69, 9.17) is 0 Å². The minimum atomic E-state index is -0.667. The van der Waals surface area contributed by atoms with Gasteiger partial charge in [-0.05, 0) is 38.3 Å². The largest absolute Gasteiger partial charge is 0.368 e. The zero-order valence-electron chi connectivity index (χ0n) is 19.3. The summed E-state index contributed by atoms with van der Waals surface area (Å²) in [6.07, 6.45) is 4.37. The highest BCUT2D eigenvalue weighted by molar-refractivity contribution is 5.93. The number of aromatic amines is 1. The molecule has 3 heterocycles. The van der Waals surface area contributed by atoms with Gasteiger partial charge in [-0.1, -0.05) is 0 Å². The molecule has 7 nitrogen and oxygen atoms in total. The van der Waals surface area contributed by atoms with Crippen molar-refractivity contribution in [1.82, 2.24) is 20.2 Å². The van der Waals surface area contributed by atoms with Crippen LogP contribution in [0.1, 0.15) is 40.9 Å². The molecule has 0 radical (unpaired) electrons. The van der Waals surface area contributed by atoms with Crippen LogP contribution in [-0.2, 0) is 6.54 Å². The number of hydrogen-bond acceptors (Lipinski definition) is 5.